The molecule has 1 aliphatic rings. The molecule has 0 atom stereocenters. The third-order valence-electron chi connectivity index (χ3n) is 3.93. The third-order valence-corrected chi connectivity index (χ3v) is 3.93. The van der Waals surface area contributed by atoms with Gasteiger partial charge in [-0.05, 0) is 31.5 Å². The lowest BCUT2D eigenvalue weighted by atomic mass is 10.1. The Morgan fingerprint density at radius 3 is 2.79 bits per heavy atom. The molecule has 1 aliphatic heterocycles. The predicted molar refractivity (Wildman–Crippen MR) is 88.5 cm³/mol. The highest BCUT2D eigenvalue weighted by molar-refractivity contribution is 5.95. The van der Waals surface area contributed by atoms with Gasteiger partial charge in [-0.2, -0.15) is 0 Å². The van der Waals surface area contributed by atoms with Crippen molar-refractivity contribution in [3.05, 3.63) is 33.9 Å². The van der Waals surface area contributed by atoms with Crippen LogP contribution in [0.5, 0.6) is 5.75 Å². The summed E-state index contributed by atoms with van der Waals surface area (Å²) >= 11 is 0. The van der Waals surface area contributed by atoms with E-state index in [1.54, 1.807) is 0 Å². The van der Waals surface area contributed by atoms with Crippen molar-refractivity contribution in [2.24, 2.45) is 0 Å². The number of nitro benzene ring substituents is 1. The Hall–Kier alpha value is -2.19. The van der Waals surface area contributed by atoms with Crippen LogP contribution in [0.2, 0.25) is 0 Å². The molecule has 1 amide bonds. The van der Waals surface area contributed by atoms with Crippen molar-refractivity contribution in [1.82, 2.24) is 10.2 Å². The van der Waals surface area contributed by atoms with Gasteiger partial charge in [-0.25, -0.2) is 0 Å². The van der Waals surface area contributed by atoms with Crippen LogP contribution in [0.25, 0.3) is 0 Å². The number of morpholine rings is 1. The maximum atomic E-state index is 12.1. The average molecular weight is 337 g/mol. The number of amides is 1. The molecule has 1 heterocycles. The topological polar surface area (TPSA) is 93.9 Å². The molecule has 0 bridgehead atoms. The lowest BCUT2D eigenvalue weighted by molar-refractivity contribution is -0.385. The van der Waals surface area contributed by atoms with Gasteiger partial charge >= 0.3 is 5.69 Å². The minimum atomic E-state index is -0.558. The van der Waals surface area contributed by atoms with Gasteiger partial charge in [0.15, 0.2) is 5.75 Å². The molecule has 0 radical (unpaired) electrons. The lowest BCUT2D eigenvalue weighted by Crippen LogP contribution is -2.37. The van der Waals surface area contributed by atoms with Crippen LogP contribution in [0, 0.1) is 10.1 Å². The Labute approximate surface area is 140 Å². The van der Waals surface area contributed by atoms with Crippen LogP contribution in [0.3, 0.4) is 0 Å². The number of ether oxygens (including phenoxy) is 2. The number of methoxy groups -OCH3 is 1. The fraction of sp³-hybridized carbons (Fsp3) is 0.562. The fourth-order valence-corrected chi connectivity index (χ4v) is 2.56. The normalized spacial score (nSPS) is 15.0. The number of unbranched alkanes of at least 4 members (excludes halogenated alkanes) is 1. The van der Waals surface area contributed by atoms with E-state index < -0.39 is 4.92 Å². The molecule has 1 aromatic rings. The van der Waals surface area contributed by atoms with E-state index >= 15 is 0 Å². The highest BCUT2D eigenvalue weighted by Gasteiger charge is 2.18. The van der Waals surface area contributed by atoms with Crippen molar-refractivity contribution in [3.63, 3.8) is 0 Å². The number of benzene rings is 1. The Balaban J connectivity index is 1.75. The van der Waals surface area contributed by atoms with E-state index in [0.29, 0.717) is 6.54 Å². The van der Waals surface area contributed by atoms with Crippen LogP contribution in [0.4, 0.5) is 5.69 Å². The number of nitro groups is 1. The van der Waals surface area contributed by atoms with Gasteiger partial charge in [-0.1, -0.05) is 0 Å². The first kappa shape index (κ1) is 18.2. The molecule has 0 spiro atoms. The second-order valence-electron chi connectivity index (χ2n) is 5.56. The van der Waals surface area contributed by atoms with Crippen LogP contribution < -0.4 is 10.1 Å². The molecular weight excluding hydrogens is 314 g/mol. The summed E-state index contributed by atoms with van der Waals surface area (Å²) in [6, 6.07) is 4.20. The Morgan fingerprint density at radius 1 is 1.38 bits per heavy atom. The van der Waals surface area contributed by atoms with Crippen LogP contribution in [0.15, 0.2) is 18.2 Å². The summed E-state index contributed by atoms with van der Waals surface area (Å²) in [7, 11) is 1.36. The van der Waals surface area contributed by atoms with E-state index in [1.807, 2.05) is 0 Å². The Bertz CT molecular complexity index is 573. The van der Waals surface area contributed by atoms with Crippen molar-refractivity contribution < 1.29 is 19.2 Å². The van der Waals surface area contributed by atoms with E-state index in [1.165, 1.54) is 25.3 Å². The number of rotatable bonds is 8. The molecule has 1 saturated heterocycles. The lowest BCUT2D eigenvalue weighted by Gasteiger charge is -2.26. The summed E-state index contributed by atoms with van der Waals surface area (Å²) in [6.07, 6.45) is 1.85. The quantitative estimate of drug-likeness (QED) is 0.438. The van der Waals surface area contributed by atoms with Crippen molar-refractivity contribution in [3.8, 4) is 5.75 Å². The number of carbonyl (C=O) groups excluding carboxylic acids is 1. The van der Waals surface area contributed by atoms with Gasteiger partial charge in [0.05, 0.1) is 25.2 Å². The maximum Gasteiger partial charge on any atom is 0.311 e. The molecule has 0 aromatic heterocycles. The molecule has 2 rings (SSSR count). The second kappa shape index (κ2) is 9.19. The van der Waals surface area contributed by atoms with Crippen LogP contribution in [-0.2, 0) is 4.74 Å². The van der Waals surface area contributed by atoms with Gasteiger partial charge in [0.25, 0.3) is 5.91 Å². The van der Waals surface area contributed by atoms with Crippen molar-refractivity contribution in [1.29, 1.82) is 0 Å². The SMILES string of the molecule is COc1ccc(C(=O)NCCCCN2CCOCC2)cc1[N+](=O)[O-]. The molecule has 1 aromatic carbocycles. The maximum absolute atomic E-state index is 12.1. The van der Waals surface area contributed by atoms with Crippen LogP contribution >= 0.6 is 0 Å². The van der Waals surface area contributed by atoms with Gasteiger partial charge in [0.2, 0.25) is 0 Å². The number of nitrogens with zero attached hydrogens (tertiary/aromatic N) is 2. The minimum absolute atomic E-state index is 0.141. The van der Waals surface area contributed by atoms with Crippen molar-refractivity contribution in [2.75, 3.05) is 46.5 Å². The second-order valence-corrected chi connectivity index (χ2v) is 5.56. The first-order chi connectivity index (χ1) is 11.6. The largest absolute Gasteiger partial charge is 0.490 e. The molecule has 8 heteroatoms. The van der Waals surface area contributed by atoms with E-state index in [2.05, 4.69) is 10.2 Å². The van der Waals surface area contributed by atoms with E-state index in [0.717, 1.165) is 45.7 Å². The number of hydrogen-bond donors (Lipinski definition) is 1. The molecule has 0 aliphatic carbocycles. The third kappa shape index (κ3) is 5.17. The summed E-state index contributed by atoms with van der Waals surface area (Å²) < 4.78 is 10.2. The molecule has 1 N–H and O–H groups in total. The highest BCUT2D eigenvalue weighted by Crippen LogP contribution is 2.27. The number of hydrogen-bond acceptors (Lipinski definition) is 6. The van der Waals surface area contributed by atoms with Crippen molar-refractivity contribution in [2.45, 2.75) is 12.8 Å². The van der Waals surface area contributed by atoms with Crippen LogP contribution in [0.1, 0.15) is 23.2 Å². The predicted octanol–water partition coefficient (Wildman–Crippen LogP) is 1.45. The number of nitrogens with one attached hydrogen (secondary N) is 1. The highest BCUT2D eigenvalue weighted by atomic mass is 16.6. The van der Waals surface area contributed by atoms with Gasteiger partial charge in [0.1, 0.15) is 0 Å². The van der Waals surface area contributed by atoms with Crippen LogP contribution in [-0.4, -0.2) is 62.2 Å². The zero-order chi connectivity index (χ0) is 17.4. The van der Waals surface area contributed by atoms with Crippen molar-refractivity contribution >= 4 is 11.6 Å². The zero-order valence-electron chi connectivity index (χ0n) is 13.8. The first-order valence-corrected chi connectivity index (χ1v) is 8.02. The average Bonchev–Trinajstić information content (AvgIpc) is 2.61. The zero-order valence-corrected chi connectivity index (χ0v) is 13.8. The molecule has 132 valence electrons. The van der Waals surface area contributed by atoms with E-state index in [-0.39, 0.29) is 22.9 Å². The van der Waals surface area contributed by atoms with E-state index in [4.69, 9.17) is 9.47 Å². The Morgan fingerprint density at radius 2 is 2.12 bits per heavy atom. The molecule has 0 unspecified atom stereocenters. The molecule has 8 nitrogen and oxygen atoms in total. The monoisotopic (exact) mass is 337 g/mol. The molecule has 0 saturated carbocycles. The number of carbonyl (C=O) groups is 1. The van der Waals surface area contributed by atoms with Gasteiger partial charge in [-0.3, -0.25) is 19.8 Å². The van der Waals surface area contributed by atoms with Gasteiger partial charge in [-0.15, -0.1) is 0 Å². The summed E-state index contributed by atoms with van der Waals surface area (Å²) in [5, 5.41) is 13.8. The van der Waals surface area contributed by atoms with Gasteiger partial charge in [0, 0.05) is 31.3 Å². The molecule has 24 heavy (non-hydrogen) atoms. The smallest absolute Gasteiger partial charge is 0.311 e. The summed E-state index contributed by atoms with van der Waals surface area (Å²) in [4.78, 5) is 24.9. The summed E-state index contributed by atoms with van der Waals surface area (Å²) in [5.74, 6) is -0.172. The van der Waals surface area contributed by atoms with Gasteiger partial charge < -0.3 is 14.8 Å². The Kier molecular flexibility index (Phi) is 6.95. The van der Waals surface area contributed by atoms with E-state index in [9.17, 15) is 14.9 Å². The standard InChI is InChI=1S/C16H23N3O5/c1-23-15-5-4-13(12-14(15)19(21)22)16(20)17-6-2-3-7-18-8-10-24-11-9-18/h4-5,12H,2-3,6-11H2,1H3,(H,17,20). The summed E-state index contributed by atoms with van der Waals surface area (Å²) in [6.45, 7) is 5.03. The summed E-state index contributed by atoms with van der Waals surface area (Å²) in [5.41, 5.74) is 0.0492. The first-order valence-electron chi connectivity index (χ1n) is 8.02. The molecule has 1 fully saturated rings. The fourth-order valence-electron chi connectivity index (χ4n) is 2.56. The minimum Gasteiger partial charge on any atom is -0.490 e. The molecular formula is C16H23N3O5.